The van der Waals surface area contributed by atoms with E-state index < -0.39 is 11.6 Å². The first-order chi connectivity index (χ1) is 16.5. The minimum atomic E-state index is -0.829. The molecule has 194 valence electrons. The van der Waals surface area contributed by atoms with Crippen LogP contribution in [0.25, 0.3) is 0 Å². The summed E-state index contributed by atoms with van der Waals surface area (Å²) >= 11 is 0. The van der Waals surface area contributed by atoms with Crippen LogP contribution in [0.15, 0.2) is 12.1 Å². The Morgan fingerprint density at radius 3 is 1.85 bits per heavy atom. The van der Waals surface area contributed by atoms with E-state index in [0.29, 0.717) is 18.0 Å². The zero-order chi connectivity index (χ0) is 24.8. The summed E-state index contributed by atoms with van der Waals surface area (Å²) in [5.41, 5.74) is 0.535. The maximum absolute atomic E-state index is 14.3. The molecule has 0 spiro atoms. The van der Waals surface area contributed by atoms with Gasteiger partial charge in [-0.15, -0.1) is 0 Å². The molecule has 34 heavy (non-hydrogen) atoms. The van der Waals surface area contributed by atoms with Gasteiger partial charge in [-0.25, -0.2) is 4.39 Å². The molecule has 0 unspecified atom stereocenters. The topological polar surface area (TPSA) is 26.3 Å². The van der Waals surface area contributed by atoms with E-state index in [9.17, 15) is 13.6 Å². The first-order valence-electron chi connectivity index (χ1n) is 14.1. The average Bonchev–Trinajstić information content (AvgIpc) is 2.85. The maximum atomic E-state index is 14.3. The van der Waals surface area contributed by atoms with Crippen molar-refractivity contribution in [1.29, 1.82) is 0 Å². The fourth-order valence-corrected chi connectivity index (χ4v) is 5.55. The highest BCUT2D eigenvalue weighted by Gasteiger charge is 2.26. The molecule has 3 rings (SSSR count). The third-order valence-corrected chi connectivity index (χ3v) is 7.76. The van der Waals surface area contributed by atoms with Crippen molar-refractivity contribution in [2.75, 3.05) is 6.61 Å². The van der Waals surface area contributed by atoms with Crippen LogP contribution in [0.2, 0.25) is 0 Å². The molecule has 4 heteroatoms. The van der Waals surface area contributed by atoms with Crippen molar-refractivity contribution in [3.8, 4) is 5.75 Å². The highest BCUT2D eigenvalue weighted by Crippen LogP contribution is 2.40. The predicted molar refractivity (Wildman–Crippen MR) is 137 cm³/mol. The molecule has 2 fully saturated rings. The predicted octanol–water partition coefficient (Wildman–Crippen LogP) is 9.54. The van der Waals surface area contributed by atoms with E-state index in [0.717, 1.165) is 50.4 Å². The van der Waals surface area contributed by atoms with E-state index in [1.165, 1.54) is 64.2 Å². The van der Waals surface area contributed by atoms with E-state index in [4.69, 9.17) is 4.74 Å². The van der Waals surface area contributed by atoms with Crippen molar-refractivity contribution in [2.45, 2.75) is 129 Å². The molecule has 2 saturated carbocycles. The van der Waals surface area contributed by atoms with Crippen molar-refractivity contribution < 1.29 is 18.3 Å². The van der Waals surface area contributed by atoms with Gasteiger partial charge in [-0.1, -0.05) is 71.3 Å². The third-order valence-electron chi connectivity index (χ3n) is 7.76. The van der Waals surface area contributed by atoms with E-state index >= 15 is 0 Å². The third kappa shape index (κ3) is 9.66. The molecule has 2 aliphatic rings. The van der Waals surface area contributed by atoms with Crippen molar-refractivity contribution in [3.63, 3.8) is 0 Å². The average molecular weight is 479 g/mol. The van der Waals surface area contributed by atoms with Crippen LogP contribution < -0.4 is 4.74 Å². The summed E-state index contributed by atoms with van der Waals surface area (Å²) in [6.45, 7) is 6.58. The van der Waals surface area contributed by atoms with Crippen molar-refractivity contribution in [3.05, 3.63) is 29.3 Å². The number of unbranched alkanes of at least 4 members (excludes halogenated alkanes) is 4. The number of hydrogen-bond donors (Lipinski definition) is 0. The number of carbonyl (C=O) groups excluding carboxylic acids is 1. The van der Waals surface area contributed by atoms with Gasteiger partial charge in [0, 0.05) is 12.8 Å². The quantitative estimate of drug-likeness (QED) is 0.296. The second-order valence-electron chi connectivity index (χ2n) is 10.4. The SMILES string of the molecule is CCCCCC1CCC(=O)CC1.CCCCC[C@H]1CC[C@H](c2ccc(OCC)c(F)c2F)CC1. The van der Waals surface area contributed by atoms with Gasteiger partial charge in [-0.2, -0.15) is 4.39 Å². The first kappa shape index (κ1) is 28.8. The fraction of sp³-hybridized carbons (Fsp3) is 0.767. The van der Waals surface area contributed by atoms with E-state index in [2.05, 4.69) is 13.8 Å². The summed E-state index contributed by atoms with van der Waals surface area (Å²) in [5.74, 6) is 0.781. The number of carbonyl (C=O) groups is 1. The molecule has 2 nitrogen and oxygen atoms in total. The van der Waals surface area contributed by atoms with E-state index in [1.54, 1.807) is 19.1 Å². The van der Waals surface area contributed by atoms with Gasteiger partial charge in [0.2, 0.25) is 5.82 Å². The number of benzene rings is 1. The summed E-state index contributed by atoms with van der Waals surface area (Å²) in [4.78, 5) is 10.9. The lowest BCUT2D eigenvalue weighted by Crippen LogP contribution is -2.15. The minimum Gasteiger partial charge on any atom is -0.491 e. The standard InChI is InChI=1S/C19H28F2O.C11H20O/c1-3-5-6-7-14-8-10-15(11-9-14)16-12-13-17(22-4-2)19(21)18(16)20;1-2-3-4-5-10-6-8-11(12)9-7-10/h12-15H,3-11H2,1-2H3;10H,2-9H2,1H3/t14-,15-;. The van der Waals surface area contributed by atoms with E-state index in [1.807, 2.05) is 0 Å². The Morgan fingerprint density at radius 2 is 1.32 bits per heavy atom. The molecule has 1 aromatic carbocycles. The van der Waals surface area contributed by atoms with Crippen LogP contribution in [0.1, 0.15) is 135 Å². The lowest BCUT2D eigenvalue weighted by Gasteiger charge is -2.29. The number of Topliss-reactive ketones (excluding diaryl/α,β-unsaturated/α-hetero) is 1. The normalized spacial score (nSPS) is 21.1. The molecule has 1 aromatic rings. The van der Waals surface area contributed by atoms with Gasteiger partial charge in [-0.3, -0.25) is 4.79 Å². The molecule has 2 aliphatic carbocycles. The lowest BCUT2D eigenvalue weighted by molar-refractivity contribution is -0.121. The summed E-state index contributed by atoms with van der Waals surface area (Å²) in [6.07, 6.45) is 18.8. The van der Waals surface area contributed by atoms with Gasteiger partial charge in [0.05, 0.1) is 6.61 Å². The van der Waals surface area contributed by atoms with Gasteiger partial charge >= 0.3 is 0 Å². The Hall–Kier alpha value is -1.45. The molecular formula is C30H48F2O2. The molecule has 0 atom stereocenters. The summed E-state index contributed by atoms with van der Waals surface area (Å²) < 4.78 is 33.4. The summed E-state index contributed by atoms with van der Waals surface area (Å²) in [5, 5.41) is 0. The van der Waals surface area contributed by atoms with E-state index in [-0.39, 0.29) is 11.7 Å². The highest BCUT2D eigenvalue weighted by atomic mass is 19.2. The molecule has 0 saturated heterocycles. The molecule has 0 radical (unpaired) electrons. The number of ether oxygens (including phenoxy) is 1. The second-order valence-corrected chi connectivity index (χ2v) is 10.4. The van der Waals surface area contributed by atoms with Crippen LogP contribution in [0, 0.1) is 23.5 Å². The molecule has 0 bridgehead atoms. The number of halogens is 2. The Balaban J connectivity index is 0.000000287. The van der Waals surface area contributed by atoms with Gasteiger partial charge < -0.3 is 4.74 Å². The summed E-state index contributed by atoms with van der Waals surface area (Å²) in [6, 6.07) is 3.29. The van der Waals surface area contributed by atoms with Gasteiger partial charge in [-0.05, 0) is 74.8 Å². The fourth-order valence-electron chi connectivity index (χ4n) is 5.55. The van der Waals surface area contributed by atoms with Crippen LogP contribution in [0.5, 0.6) is 5.75 Å². The molecule has 0 aromatic heterocycles. The van der Waals surface area contributed by atoms with Crippen LogP contribution in [-0.4, -0.2) is 12.4 Å². The monoisotopic (exact) mass is 478 g/mol. The molecular weight excluding hydrogens is 430 g/mol. The molecule has 0 amide bonds. The Bertz CT molecular complexity index is 700. The van der Waals surface area contributed by atoms with Crippen LogP contribution in [-0.2, 0) is 4.79 Å². The maximum Gasteiger partial charge on any atom is 0.200 e. The van der Waals surface area contributed by atoms with Crippen LogP contribution in [0.4, 0.5) is 8.78 Å². The molecule has 0 aliphatic heterocycles. The van der Waals surface area contributed by atoms with Gasteiger partial charge in [0.1, 0.15) is 5.78 Å². The zero-order valence-electron chi connectivity index (χ0n) is 22.0. The smallest absolute Gasteiger partial charge is 0.200 e. The molecule has 0 heterocycles. The van der Waals surface area contributed by atoms with Crippen LogP contribution >= 0.6 is 0 Å². The summed E-state index contributed by atoms with van der Waals surface area (Å²) in [7, 11) is 0. The highest BCUT2D eigenvalue weighted by molar-refractivity contribution is 5.78. The van der Waals surface area contributed by atoms with Gasteiger partial charge in [0.15, 0.2) is 11.6 Å². The Kier molecular flexibility index (Phi) is 13.8. The second kappa shape index (κ2) is 16.3. The Labute approximate surface area is 207 Å². The minimum absolute atomic E-state index is 0.0250. The van der Waals surface area contributed by atoms with Crippen molar-refractivity contribution in [2.24, 2.45) is 11.8 Å². The number of rotatable bonds is 11. The first-order valence-corrected chi connectivity index (χ1v) is 14.1. The Morgan fingerprint density at radius 1 is 0.765 bits per heavy atom. The van der Waals surface area contributed by atoms with Crippen molar-refractivity contribution in [1.82, 2.24) is 0 Å². The lowest BCUT2D eigenvalue weighted by atomic mass is 9.77. The number of hydrogen-bond acceptors (Lipinski definition) is 2. The number of ketones is 1. The largest absolute Gasteiger partial charge is 0.491 e. The van der Waals surface area contributed by atoms with Crippen molar-refractivity contribution >= 4 is 5.78 Å². The van der Waals surface area contributed by atoms with Gasteiger partial charge in [0.25, 0.3) is 0 Å². The zero-order valence-corrected chi connectivity index (χ0v) is 22.0. The van der Waals surface area contributed by atoms with Crippen LogP contribution in [0.3, 0.4) is 0 Å². The molecule has 0 N–H and O–H groups in total.